The Hall–Kier alpha value is -2.33. The minimum absolute atomic E-state index is 0.278. The Labute approximate surface area is 152 Å². The van der Waals surface area contributed by atoms with E-state index in [9.17, 15) is 14.7 Å². The Morgan fingerprint density at radius 1 is 1.00 bits per heavy atom. The monoisotopic (exact) mass is 357 g/mol. The number of imide groups is 1. The van der Waals surface area contributed by atoms with Gasteiger partial charge in [0.05, 0.1) is 0 Å². The summed E-state index contributed by atoms with van der Waals surface area (Å²) in [5.41, 5.74) is 2.04. The van der Waals surface area contributed by atoms with Gasteiger partial charge in [0.15, 0.2) is 0 Å². The first-order valence-electron chi connectivity index (χ1n) is 8.39. The number of hydrogen-bond donors (Lipinski definition) is 1. The summed E-state index contributed by atoms with van der Waals surface area (Å²) in [6.45, 7) is 0. The highest BCUT2D eigenvalue weighted by molar-refractivity contribution is 6.30. The van der Waals surface area contributed by atoms with Crippen LogP contribution in [0.1, 0.15) is 24.0 Å². The minimum atomic E-state index is -1.17. The van der Waals surface area contributed by atoms with Gasteiger partial charge >= 0.3 is 6.09 Å². The molecule has 1 heterocycles. The molecule has 4 nitrogen and oxygen atoms in total. The molecule has 3 rings (SSSR count). The molecule has 0 aromatic heterocycles. The molecule has 0 bridgehead atoms. The van der Waals surface area contributed by atoms with Gasteiger partial charge in [-0.2, -0.15) is 0 Å². The molecule has 0 aliphatic carbocycles. The molecular formula is C20H20ClNO3. The molecule has 0 saturated carbocycles. The zero-order chi connectivity index (χ0) is 17.8. The quantitative estimate of drug-likeness (QED) is 0.881. The lowest BCUT2D eigenvalue weighted by atomic mass is 9.85. The molecule has 1 aliphatic rings. The number of likely N-dealkylation sites (tertiary alicyclic amines) is 1. The van der Waals surface area contributed by atoms with Crippen molar-refractivity contribution in [2.24, 2.45) is 5.92 Å². The summed E-state index contributed by atoms with van der Waals surface area (Å²) >= 11 is 5.89. The smallest absolute Gasteiger partial charge is 0.414 e. The van der Waals surface area contributed by atoms with Crippen molar-refractivity contribution in [3.05, 3.63) is 70.7 Å². The van der Waals surface area contributed by atoms with Gasteiger partial charge in [-0.3, -0.25) is 4.79 Å². The molecular weight excluding hydrogens is 338 g/mol. The van der Waals surface area contributed by atoms with Crippen LogP contribution in [0.2, 0.25) is 5.02 Å². The predicted octanol–water partition coefficient (Wildman–Crippen LogP) is 4.41. The van der Waals surface area contributed by atoms with E-state index in [2.05, 4.69) is 0 Å². The SMILES string of the molecule is O=C(O)N1C(=O)C(Cc2ccccc2)CCC1Cc1ccc(Cl)cc1. The van der Waals surface area contributed by atoms with Crippen LogP contribution in [-0.2, 0) is 17.6 Å². The van der Waals surface area contributed by atoms with E-state index < -0.39 is 6.09 Å². The van der Waals surface area contributed by atoms with Crippen LogP contribution >= 0.6 is 11.6 Å². The summed E-state index contributed by atoms with van der Waals surface area (Å²) < 4.78 is 0. The largest absolute Gasteiger partial charge is 0.465 e. The summed E-state index contributed by atoms with van der Waals surface area (Å²) in [5, 5.41) is 10.2. The molecule has 1 N–H and O–H groups in total. The molecule has 2 aromatic carbocycles. The van der Waals surface area contributed by atoms with Crippen molar-refractivity contribution in [2.45, 2.75) is 31.7 Å². The number of nitrogens with zero attached hydrogens (tertiary/aromatic N) is 1. The Kier molecular flexibility index (Phi) is 5.39. The van der Waals surface area contributed by atoms with Crippen molar-refractivity contribution in [3.8, 4) is 0 Å². The van der Waals surface area contributed by atoms with E-state index in [-0.39, 0.29) is 17.9 Å². The van der Waals surface area contributed by atoms with Gasteiger partial charge in [-0.05, 0) is 48.9 Å². The molecule has 0 spiro atoms. The van der Waals surface area contributed by atoms with E-state index in [0.717, 1.165) is 16.0 Å². The lowest BCUT2D eigenvalue weighted by Gasteiger charge is -2.36. The van der Waals surface area contributed by atoms with Crippen LogP contribution in [0.4, 0.5) is 4.79 Å². The molecule has 1 fully saturated rings. The maximum Gasteiger partial charge on any atom is 0.414 e. The zero-order valence-corrected chi connectivity index (χ0v) is 14.5. The number of benzene rings is 2. The Morgan fingerprint density at radius 3 is 2.28 bits per heavy atom. The van der Waals surface area contributed by atoms with Crippen molar-refractivity contribution in [1.82, 2.24) is 4.90 Å². The average molecular weight is 358 g/mol. The van der Waals surface area contributed by atoms with Crippen LogP contribution in [0.3, 0.4) is 0 Å². The first-order chi connectivity index (χ1) is 12.0. The van der Waals surface area contributed by atoms with Gasteiger partial charge in [0.1, 0.15) is 0 Å². The van der Waals surface area contributed by atoms with Gasteiger partial charge in [-0.15, -0.1) is 0 Å². The molecule has 2 amide bonds. The number of carbonyl (C=O) groups excluding carboxylic acids is 1. The third-order valence-corrected chi connectivity index (χ3v) is 4.97. The fourth-order valence-corrected chi connectivity index (χ4v) is 3.57. The molecule has 2 aromatic rings. The highest BCUT2D eigenvalue weighted by atomic mass is 35.5. The molecule has 1 aliphatic heterocycles. The van der Waals surface area contributed by atoms with Gasteiger partial charge in [0.25, 0.3) is 0 Å². The molecule has 1 saturated heterocycles. The van der Waals surface area contributed by atoms with Crippen molar-refractivity contribution < 1.29 is 14.7 Å². The van der Waals surface area contributed by atoms with Crippen LogP contribution in [0.15, 0.2) is 54.6 Å². The van der Waals surface area contributed by atoms with Gasteiger partial charge in [0, 0.05) is 17.0 Å². The van der Waals surface area contributed by atoms with Gasteiger partial charge in [-0.25, -0.2) is 9.69 Å². The third-order valence-electron chi connectivity index (χ3n) is 4.72. The van der Waals surface area contributed by atoms with Crippen molar-refractivity contribution in [3.63, 3.8) is 0 Å². The molecule has 0 radical (unpaired) electrons. The summed E-state index contributed by atoms with van der Waals surface area (Å²) in [6.07, 6.45) is 1.32. The fraction of sp³-hybridized carbons (Fsp3) is 0.300. The third kappa shape index (κ3) is 4.20. The minimum Gasteiger partial charge on any atom is -0.465 e. The average Bonchev–Trinajstić information content (AvgIpc) is 2.60. The van der Waals surface area contributed by atoms with E-state index in [1.54, 1.807) is 12.1 Å². The Morgan fingerprint density at radius 2 is 1.64 bits per heavy atom. The van der Waals surface area contributed by atoms with Crippen molar-refractivity contribution in [2.75, 3.05) is 0 Å². The van der Waals surface area contributed by atoms with Crippen LogP contribution in [0.5, 0.6) is 0 Å². The topological polar surface area (TPSA) is 57.6 Å². The molecule has 2 atom stereocenters. The van der Waals surface area contributed by atoms with Gasteiger partial charge in [-0.1, -0.05) is 54.1 Å². The van der Waals surface area contributed by atoms with Crippen molar-refractivity contribution in [1.29, 1.82) is 0 Å². The van der Waals surface area contributed by atoms with Crippen LogP contribution in [0, 0.1) is 5.92 Å². The summed E-state index contributed by atoms with van der Waals surface area (Å²) in [5.74, 6) is -0.568. The van der Waals surface area contributed by atoms with Crippen LogP contribution in [0.25, 0.3) is 0 Å². The predicted molar refractivity (Wildman–Crippen MR) is 96.7 cm³/mol. The molecule has 2 unspecified atom stereocenters. The maximum absolute atomic E-state index is 12.8. The standard InChI is InChI=1S/C20H20ClNO3/c21-17-9-6-15(7-10-17)13-18-11-8-16(19(23)22(18)20(24)25)12-14-4-2-1-3-5-14/h1-7,9-10,16,18H,8,11-13H2,(H,24,25). The maximum atomic E-state index is 12.8. The normalized spacial score (nSPS) is 20.5. The fourth-order valence-electron chi connectivity index (χ4n) is 3.45. The highest BCUT2D eigenvalue weighted by Gasteiger charge is 2.39. The first kappa shape index (κ1) is 17.5. The number of carboxylic acid groups (broad SMARTS) is 1. The summed E-state index contributed by atoms with van der Waals surface area (Å²) in [7, 11) is 0. The zero-order valence-electron chi connectivity index (χ0n) is 13.8. The van der Waals surface area contributed by atoms with Crippen molar-refractivity contribution >= 4 is 23.6 Å². The molecule has 130 valence electrons. The lowest BCUT2D eigenvalue weighted by Crippen LogP contribution is -2.51. The number of rotatable bonds is 4. The van der Waals surface area contributed by atoms with E-state index in [1.165, 1.54) is 0 Å². The molecule has 5 heteroatoms. The summed E-state index contributed by atoms with van der Waals surface area (Å²) in [4.78, 5) is 25.5. The molecule has 25 heavy (non-hydrogen) atoms. The highest BCUT2D eigenvalue weighted by Crippen LogP contribution is 2.28. The van der Waals surface area contributed by atoms with E-state index >= 15 is 0 Å². The second-order valence-electron chi connectivity index (χ2n) is 6.44. The number of piperidine rings is 1. The number of carbonyl (C=O) groups is 2. The second-order valence-corrected chi connectivity index (χ2v) is 6.88. The number of halogens is 1. The second kappa shape index (κ2) is 7.70. The van der Waals surface area contributed by atoms with Crippen LogP contribution in [-0.4, -0.2) is 28.0 Å². The lowest BCUT2D eigenvalue weighted by molar-refractivity contribution is -0.138. The van der Waals surface area contributed by atoms with Crippen LogP contribution < -0.4 is 0 Å². The van der Waals surface area contributed by atoms with E-state index in [4.69, 9.17) is 11.6 Å². The van der Waals surface area contributed by atoms with Gasteiger partial charge in [0.2, 0.25) is 5.91 Å². The summed E-state index contributed by atoms with van der Waals surface area (Å²) in [6, 6.07) is 16.7. The first-order valence-corrected chi connectivity index (χ1v) is 8.77. The number of amides is 2. The Balaban J connectivity index is 1.73. The Bertz CT molecular complexity index is 745. The number of hydrogen-bond acceptors (Lipinski definition) is 2. The van der Waals surface area contributed by atoms with E-state index in [0.29, 0.717) is 30.7 Å². The van der Waals surface area contributed by atoms with Gasteiger partial charge < -0.3 is 5.11 Å². The van der Waals surface area contributed by atoms with E-state index in [1.807, 2.05) is 42.5 Å².